The smallest absolute Gasteiger partial charge is 0.0651 e. The van der Waals surface area contributed by atoms with Gasteiger partial charge in [-0.05, 0) is 137 Å². The first-order chi connectivity index (χ1) is 49.3. The molecule has 0 saturated heterocycles. The van der Waals surface area contributed by atoms with Gasteiger partial charge in [0, 0.05) is 30.7 Å². The normalized spacial score (nSPS) is 23.1. The maximum absolute atomic E-state index is 10.2. The van der Waals surface area contributed by atoms with Gasteiger partial charge in [0.15, 0.2) is 0 Å². The zero-order valence-corrected chi connectivity index (χ0v) is 30.9. The van der Waals surface area contributed by atoms with Crippen LogP contribution in [0.25, 0.3) is 77.5 Å². The summed E-state index contributed by atoms with van der Waals surface area (Å²) in [6, 6.07) is -49.0. The van der Waals surface area contributed by atoms with E-state index in [0.717, 1.165) is 0 Å². The highest BCUT2D eigenvalue weighted by molar-refractivity contribution is 6.00. The number of hydrogen-bond acceptors (Lipinski definition) is 1. The zero-order chi connectivity index (χ0) is 80.6. The summed E-state index contributed by atoms with van der Waals surface area (Å²) in [7, 11) is 0. The number of hydrogen-bond donors (Lipinski definition) is 0. The van der Waals surface area contributed by atoms with Crippen LogP contribution in [-0.4, -0.2) is 0 Å². The fourth-order valence-corrected chi connectivity index (χ4v) is 6.46. The highest BCUT2D eigenvalue weighted by atomic mass is 15.1. The molecule has 0 fully saturated rings. The molecule has 0 radical (unpaired) electrons. The van der Waals surface area contributed by atoms with E-state index in [1.165, 1.54) is 0 Å². The van der Waals surface area contributed by atoms with Crippen molar-refractivity contribution >= 4 is 27.8 Å². The van der Waals surface area contributed by atoms with Crippen LogP contribution in [0.15, 0.2) is 236 Å². The number of fused-ring (bicyclic) bond motifs is 4. The first kappa shape index (κ1) is 12.9. The first-order valence-corrected chi connectivity index (χ1v) is 17.9. The van der Waals surface area contributed by atoms with E-state index in [4.69, 9.17) is 37.0 Å². The summed E-state index contributed by atoms with van der Waals surface area (Å²) in [5.41, 5.74) is -24.0. The van der Waals surface area contributed by atoms with Crippen molar-refractivity contribution in [2.24, 2.45) is 0 Å². The summed E-state index contributed by atoms with van der Waals surface area (Å²) in [4.78, 5) is 0.0365. The van der Waals surface area contributed by atoms with Crippen molar-refractivity contribution in [2.75, 3.05) is 4.90 Å². The van der Waals surface area contributed by atoms with Gasteiger partial charge in [-0.3, -0.25) is 0 Å². The molecule has 0 saturated carbocycles. The molecule has 0 spiro atoms. The topological polar surface area (TPSA) is 3.24 Å². The number of anilines is 3. The van der Waals surface area contributed by atoms with Crippen molar-refractivity contribution in [1.29, 1.82) is 0 Å². The minimum absolute atomic E-state index is 0.0365. The van der Waals surface area contributed by atoms with Crippen LogP contribution in [0.5, 0.6) is 0 Å². The van der Waals surface area contributed by atoms with Crippen molar-refractivity contribution in [3.05, 3.63) is 247 Å². The van der Waals surface area contributed by atoms with Crippen molar-refractivity contribution < 1.29 is 61.7 Å². The Labute approximate surface area is 428 Å². The van der Waals surface area contributed by atoms with Crippen LogP contribution in [0, 0.1) is 0 Å². The fraction of sp³-hybridized carbons (Fsp3) is 0.0492. The Kier molecular flexibility index (Phi) is 3.20. The van der Waals surface area contributed by atoms with E-state index < -0.39 is 360 Å². The lowest BCUT2D eigenvalue weighted by Gasteiger charge is -2.28. The molecule has 0 aliphatic heterocycles. The quantitative estimate of drug-likeness (QED) is 0.147. The molecule has 1 aliphatic carbocycles. The fourth-order valence-electron chi connectivity index (χ4n) is 6.46. The van der Waals surface area contributed by atoms with Crippen LogP contribution in [0.1, 0.15) is 86.5 Å². The Morgan fingerprint density at radius 1 is 0.323 bits per heavy atom. The molecule has 1 nitrogen and oxygen atoms in total. The molecule has 1 aliphatic rings. The monoisotopic (exact) mass is 837 g/mol. The van der Waals surface area contributed by atoms with E-state index in [1.807, 2.05) is 0 Å². The van der Waals surface area contributed by atoms with E-state index in [2.05, 4.69) is 0 Å². The van der Waals surface area contributed by atoms with Gasteiger partial charge in [0.1, 0.15) is 0 Å². The maximum atomic E-state index is 10.2. The maximum Gasteiger partial charge on any atom is 0.0651 e. The summed E-state index contributed by atoms with van der Waals surface area (Å²) in [6.07, 6.45) is 0. The molecule has 0 heterocycles. The second-order valence-electron chi connectivity index (χ2n) is 13.0. The van der Waals surface area contributed by atoms with Crippen LogP contribution in [-0.2, 0) is 5.41 Å². The number of benzene rings is 10. The highest BCUT2D eigenvalue weighted by Crippen LogP contribution is 2.51. The van der Waals surface area contributed by atoms with Gasteiger partial charge < -0.3 is 4.90 Å². The van der Waals surface area contributed by atoms with Gasteiger partial charge in [-0.15, -0.1) is 0 Å². The molecular formula is C61H45N. The SMILES string of the molecule is [2H]c1c([2H])c([2H])c(-c2c([2H])c([2H])c(-c3c([2H])c([2H])c(-c4c([2H])c(-c5c([2H])c([2H])c(N(c6c([2H])c([2H])c([2H])c(-c7c([2H])c([2H])c([2H])c([2H])c7[2H])c6[2H])c6c([2H])c([2H])c7c(c6[2H])C(C([2H])([2H])[2H])(C([2H])([2H])[2H])c6c([2H])c([2H])c([2H])c([2H])c6-7)c([2H])c5[2H])c([2H])c5c([2H])c([2H])c([2H])c([2H])c45)c([2H])c3[2H])c([2H])c2[2H])c([2H])c1[2H]. The summed E-state index contributed by atoms with van der Waals surface area (Å²) >= 11 is 0. The minimum Gasteiger partial charge on any atom is -0.310 e. The van der Waals surface area contributed by atoms with Crippen molar-refractivity contribution in [3.8, 4) is 66.8 Å². The Morgan fingerprint density at radius 2 is 0.823 bits per heavy atom. The second-order valence-corrected chi connectivity index (χ2v) is 13.0. The molecule has 0 amide bonds. The predicted octanol–water partition coefficient (Wildman–Crippen LogP) is 17.0. The zero-order valence-electron chi connectivity index (χ0n) is 75.9. The van der Waals surface area contributed by atoms with Crippen LogP contribution in [0.2, 0.25) is 0 Å². The third kappa shape index (κ3) is 6.69. The van der Waals surface area contributed by atoms with Crippen LogP contribution in [0.3, 0.4) is 0 Å². The second kappa shape index (κ2) is 15.4. The van der Waals surface area contributed by atoms with Gasteiger partial charge in [0.25, 0.3) is 0 Å². The van der Waals surface area contributed by atoms with Gasteiger partial charge >= 0.3 is 0 Å². The van der Waals surface area contributed by atoms with Crippen LogP contribution >= 0.6 is 0 Å². The Balaban J connectivity index is 1.30. The first-order valence-electron chi connectivity index (χ1n) is 40.4. The van der Waals surface area contributed by atoms with Crippen molar-refractivity contribution in [3.63, 3.8) is 0 Å². The van der Waals surface area contributed by atoms with E-state index in [1.54, 1.807) is 0 Å². The molecule has 10 aromatic rings. The third-order valence-electron chi connectivity index (χ3n) is 9.32. The molecule has 1 heteroatoms. The van der Waals surface area contributed by atoms with Gasteiger partial charge in [-0.1, -0.05) is 201 Å². The molecule has 294 valence electrons. The van der Waals surface area contributed by atoms with E-state index in [0.29, 0.717) is 0 Å². The summed E-state index contributed by atoms with van der Waals surface area (Å²) in [5, 5.41) is -1.96. The summed E-state index contributed by atoms with van der Waals surface area (Å²) < 4.78 is 411. The van der Waals surface area contributed by atoms with Gasteiger partial charge in [-0.25, -0.2) is 0 Å². The Hall–Kier alpha value is -7.74. The van der Waals surface area contributed by atoms with Crippen molar-refractivity contribution in [2.45, 2.75) is 19.1 Å². The highest BCUT2D eigenvalue weighted by Gasteiger charge is 2.35. The molecule has 62 heavy (non-hydrogen) atoms. The Bertz CT molecular complexity index is 5630. The molecular weight excluding hydrogens is 747 g/mol. The average molecular weight is 837 g/mol. The minimum atomic E-state index is -4.14. The molecule has 0 atom stereocenters. The average Bonchev–Trinajstić information content (AvgIpc) is 1.51. The van der Waals surface area contributed by atoms with Crippen LogP contribution in [0.4, 0.5) is 17.1 Å². The number of nitrogens with zero attached hydrogens (tertiary/aromatic N) is 1. The largest absolute Gasteiger partial charge is 0.310 e. The standard InChI is InChI=1S/C61H45N/c1-61(2)59-23-12-11-22-56(59)57-37-36-54(41-60(57)61)62(53-20-13-19-49(39-53)43-16-7-4-8-17-43)52-34-32-47(33-35-52)51-38-50-18-9-10-21-55(50)58(40-51)48-30-28-46(29-31-48)45-26-24-44(25-27-45)42-14-5-3-6-15-42/h3-41H,1-2H3/i1D3,2D3,3D,4D,5D,6D,7D,8D,9D,10D,11D,12D,13D,14D,15D,16D,17D,18D,19D,20D,21D,22D,23D,24D,25D,26D,27D,28D,29D,30D,31D,32D,33D,34D,35D,36D,37D,38D,39D,40D,41D. The lowest BCUT2D eigenvalue weighted by molar-refractivity contribution is 0.660. The molecule has 11 rings (SSSR count). The molecule has 0 bridgehead atoms. The molecule has 0 unspecified atom stereocenters. The van der Waals surface area contributed by atoms with E-state index in [9.17, 15) is 24.7 Å². The van der Waals surface area contributed by atoms with Gasteiger partial charge in [-0.2, -0.15) is 0 Å². The molecule has 0 N–H and O–H groups in total. The third-order valence-corrected chi connectivity index (χ3v) is 9.32. The lowest BCUT2D eigenvalue weighted by Crippen LogP contribution is -2.16. The number of rotatable bonds is 8. The van der Waals surface area contributed by atoms with Gasteiger partial charge in [0.2, 0.25) is 0 Å². The molecule has 10 aromatic carbocycles. The van der Waals surface area contributed by atoms with E-state index >= 15 is 0 Å². The lowest BCUT2D eigenvalue weighted by atomic mass is 9.82. The summed E-state index contributed by atoms with van der Waals surface area (Å²) in [5.74, 6) is 0. The molecule has 0 aromatic heterocycles. The summed E-state index contributed by atoms with van der Waals surface area (Å²) in [6.45, 7) is -8.29. The van der Waals surface area contributed by atoms with Crippen LogP contribution < -0.4 is 4.90 Å². The van der Waals surface area contributed by atoms with Gasteiger partial charge in [0.05, 0.1) is 53.5 Å². The Morgan fingerprint density at radius 3 is 1.52 bits per heavy atom. The van der Waals surface area contributed by atoms with E-state index in [-0.39, 0.29) is 4.90 Å². The van der Waals surface area contributed by atoms with Crippen molar-refractivity contribution in [1.82, 2.24) is 0 Å². The predicted molar refractivity (Wildman–Crippen MR) is 263 cm³/mol.